The van der Waals surface area contributed by atoms with E-state index in [1.165, 1.54) is 0 Å². The van der Waals surface area contributed by atoms with Gasteiger partial charge < -0.3 is 19.0 Å². The number of ether oxygens (including phenoxy) is 1. The van der Waals surface area contributed by atoms with Gasteiger partial charge in [-0.2, -0.15) is 0 Å². The summed E-state index contributed by atoms with van der Waals surface area (Å²) in [6.07, 6.45) is 8.45. The molecule has 0 saturated carbocycles. The van der Waals surface area contributed by atoms with E-state index in [0.29, 0.717) is 32.0 Å². The van der Waals surface area contributed by atoms with Crippen molar-refractivity contribution in [3.8, 4) is 0 Å². The highest BCUT2D eigenvalue weighted by molar-refractivity contribution is 5.84. The number of carbonyl (C=O) groups is 2. The van der Waals surface area contributed by atoms with E-state index in [2.05, 4.69) is 20.8 Å². The molecular weight excluding hydrogens is 368 g/mol. The van der Waals surface area contributed by atoms with E-state index in [1.807, 2.05) is 12.1 Å². The summed E-state index contributed by atoms with van der Waals surface area (Å²) in [4.78, 5) is 29.5. The molecule has 1 aliphatic heterocycles. The third kappa shape index (κ3) is 8.60. The van der Waals surface area contributed by atoms with Crippen LogP contribution in [0.5, 0.6) is 0 Å². The maximum atomic E-state index is 13.2. The SMILES string of the molecule is CCCCCCC(=O)N(CC(=O)N(Cc1ccco1)CC1CCCO1)CC(C)C. The average Bonchev–Trinajstić information content (AvgIpc) is 3.37. The first-order valence-electron chi connectivity index (χ1n) is 11.2. The number of hydrogen-bond donors (Lipinski definition) is 0. The van der Waals surface area contributed by atoms with Crippen molar-refractivity contribution in [2.45, 2.75) is 78.4 Å². The van der Waals surface area contributed by atoms with Crippen LogP contribution in [-0.4, -0.2) is 54.0 Å². The third-order valence-electron chi connectivity index (χ3n) is 5.24. The highest BCUT2D eigenvalue weighted by Gasteiger charge is 2.26. The summed E-state index contributed by atoms with van der Waals surface area (Å²) in [5.41, 5.74) is 0. The molecule has 29 heavy (non-hydrogen) atoms. The van der Waals surface area contributed by atoms with Crippen LogP contribution in [0.25, 0.3) is 0 Å². The van der Waals surface area contributed by atoms with E-state index in [-0.39, 0.29) is 24.5 Å². The lowest BCUT2D eigenvalue weighted by atomic mass is 10.1. The maximum absolute atomic E-state index is 13.2. The molecule has 6 heteroatoms. The molecule has 1 unspecified atom stereocenters. The van der Waals surface area contributed by atoms with E-state index >= 15 is 0 Å². The molecule has 0 N–H and O–H groups in total. The number of nitrogens with zero attached hydrogens (tertiary/aromatic N) is 2. The van der Waals surface area contributed by atoms with Gasteiger partial charge in [0, 0.05) is 26.1 Å². The molecule has 2 heterocycles. The minimum Gasteiger partial charge on any atom is -0.467 e. The molecule has 1 fully saturated rings. The van der Waals surface area contributed by atoms with Crippen molar-refractivity contribution in [2.75, 3.05) is 26.2 Å². The maximum Gasteiger partial charge on any atom is 0.242 e. The summed E-state index contributed by atoms with van der Waals surface area (Å²) in [6, 6.07) is 3.70. The van der Waals surface area contributed by atoms with Crippen molar-refractivity contribution in [3.63, 3.8) is 0 Å². The molecule has 2 rings (SSSR count). The zero-order valence-corrected chi connectivity index (χ0v) is 18.4. The molecular formula is C23H38N2O4. The Morgan fingerprint density at radius 3 is 2.62 bits per heavy atom. The quantitative estimate of drug-likeness (QED) is 0.460. The fourth-order valence-corrected chi connectivity index (χ4v) is 3.70. The molecule has 1 atom stereocenters. The topological polar surface area (TPSA) is 63.0 Å². The molecule has 1 aliphatic rings. The molecule has 0 radical (unpaired) electrons. The highest BCUT2D eigenvalue weighted by Crippen LogP contribution is 2.16. The van der Waals surface area contributed by atoms with E-state index in [9.17, 15) is 9.59 Å². The van der Waals surface area contributed by atoms with Crippen molar-refractivity contribution in [3.05, 3.63) is 24.2 Å². The molecule has 0 aromatic carbocycles. The van der Waals surface area contributed by atoms with Crippen LogP contribution in [0.4, 0.5) is 0 Å². The third-order valence-corrected chi connectivity index (χ3v) is 5.24. The first kappa shape index (κ1) is 23.5. The van der Waals surface area contributed by atoms with E-state index in [4.69, 9.17) is 9.15 Å². The second kappa shape index (κ2) is 12.7. The van der Waals surface area contributed by atoms with Crippen LogP contribution < -0.4 is 0 Å². The van der Waals surface area contributed by atoms with Gasteiger partial charge in [0.2, 0.25) is 11.8 Å². The zero-order valence-electron chi connectivity index (χ0n) is 18.4. The molecule has 0 aliphatic carbocycles. The van der Waals surface area contributed by atoms with Gasteiger partial charge in [-0.15, -0.1) is 0 Å². The van der Waals surface area contributed by atoms with Gasteiger partial charge >= 0.3 is 0 Å². The van der Waals surface area contributed by atoms with E-state index < -0.39 is 0 Å². The van der Waals surface area contributed by atoms with Gasteiger partial charge in [0.05, 0.1) is 25.5 Å². The van der Waals surface area contributed by atoms with E-state index in [0.717, 1.165) is 50.9 Å². The molecule has 6 nitrogen and oxygen atoms in total. The lowest BCUT2D eigenvalue weighted by molar-refractivity contribution is -0.142. The van der Waals surface area contributed by atoms with Gasteiger partial charge in [0.1, 0.15) is 5.76 Å². The van der Waals surface area contributed by atoms with Crippen molar-refractivity contribution in [1.29, 1.82) is 0 Å². The molecule has 1 aromatic rings. The summed E-state index contributed by atoms with van der Waals surface area (Å²) in [7, 11) is 0. The first-order chi connectivity index (χ1) is 14.0. The Morgan fingerprint density at radius 1 is 1.17 bits per heavy atom. The Bertz CT molecular complexity index is 594. The normalized spacial score (nSPS) is 16.3. The van der Waals surface area contributed by atoms with Crippen molar-refractivity contribution in [1.82, 2.24) is 9.80 Å². The molecule has 0 bridgehead atoms. The average molecular weight is 407 g/mol. The Morgan fingerprint density at radius 2 is 2.00 bits per heavy atom. The van der Waals surface area contributed by atoms with Crippen LogP contribution in [0.2, 0.25) is 0 Å². The zero-order chi connectivity index (χ0) is 21.1. The first-order valence-corrected chi connectivity index (χ1v) is 11.2. The number of carbonyl (C=O) groups excluding carboxylic acids is 2. The Labute approximate surface area is 175 Å². The smallest absolute Gasteiger partial charge is 0.242 e. The van der Waals surface area contributed by atoms with Crippen LogP contribution in [0.1, 0.15) is 71.5 Å². The van der Waals surface area contributed by atoms with Gasteiger partial charge in [-0.25, -0.2) is 0 Å². The minimum absolute atomic E-state index is 0.0422. The highest BCUT2D eigenvalue weighted by atomic mass is 16.5. The molecule has 2 amide bonds. The number of amides is 2. The largest absolute Gasteiger partial charge is 0.467 e. The molecule has 1 aromatic heterocycles. The van der Waals surface area contributed by atoms with Gasteiger partial charge in [0.15, 0.2) is 0 Å². The van der Waals surface area contributed by atoms with Gasteiger partial charge in [-0.3, -0.25) is 9.59 Å². The van der Waals surface area contributed by atoms with Crippen molar-refractivity contribution >= 4 is 11.8 Å². The van der Waals surface area contributed by atoms with Gasteiger partial charge in [-0.1, -0.05) is 40.0 Å². The molecule has 1 saturated heterocycles. The van der Waals surface area contributed by atoms with Crippen LogP contribution in [0.15, 0.2) is 22.8 Å². The van der Waals surface area contributed by atoms with Crippen LogP contribution in [-0.2, 0) is 20.9 Å². The minimum atomic E-state index is -0.0422. The summed E-state index contributed by atoms with van der Waals surface area (Å²) in [6.45, 7) is 8.75. The molecule has 0 spiro atoms. The second-order valence-electron chi connectivity index (χ2n) is 8.47. The summed E-state index contributed by atoms with van der Waals surface area (Å²) in [5.74, 6) is 1.11. The number of furan rings is 1. The Kier molecular flexibility index (Phi) is 10.3. The van der Waals surface area contributed by atoms with Crippen molar-refractivity contribution < 1.29 is 18.7 Å². The number of rotatable bonds is 13. The van der Waals surface area contributed by atoms with Crippen LogP contribution >= 0.6 is 0 Å². The van der Waals surface area contributed by atoms with Crippen LogP contribution in [0, 0.1) is 5.92 Å². The predicted octanol–water partition coefficient (Wildman–Crippen LogP) is 4.24. The molecule has 164 valence electrons. The fourth-order valence-electron chi connectivity index (χ4n) is 3.70. The van der Waals surface area contributed by atoms with Gasteiger partial charge in [-0.05, 0) is 37.3 Å². The van der Waals surface area contributed by atoms with Crippen LogP contribution in [0.3, 0.4) is 0 Å². The predicted molar refractivity (Wildman–Crippen MR) is 113 cm³/mol. The summed E-state index contributed by atoms with van der Waals surface area (Å²) >= 11 is 0. The number of hydrogen-bond acceptors (Lipinski definition) is 4. The van der Waals surface area contributed by atoms with Crippen molar-refractivity contribution in [2.24, 2.45) is 5.92 Å². The lowest BCUT2D eigenvalue weighted by Gasteiger charge is -2.29. The summed E-state index contributed by atoms with van der Waals surface area (Å²) < 4.78 is 11.2. The Hall–Kier alpha value is -1.82. The van der Waals surface area contributed by atoms with Gasteiger partial charge in [0.25, 0.3) is 0 Å². The summed E-state index contributed by atoms with van der Waals surface area (Å²) in [5, 5.41) is 0. The monoisotopic (exact) mass is 406 g/mol. The number of unbranched alkanes of at least 4 members (excludes halogenated alkanes) is 3. The standard InChI is InChI=1S/C23H38N2O4/c1-4-5-6-7-12-22(26)24(15-19(2)3)18-23(27)25(16-20-10-8-13-28-20)17-21-11-9-14-29-21/h8,10,13,19,21H,4-7,9,11-12,14-18H2,1-3H3. The lowest BCUT2D eigenvalue weighted by Crippen LogP contribution is -2.46. The van der Waals surface area contributed by atoms with E-state index in [1.54, 1.807) is 16.1 Å². The Balaban J connectivity index is 1.99. The fraction of sp³-hybridized carbons (Fsp3) is 0.739. The second-order valence-corrected chi connectivity index (χ2v) is 8.47.